The molecule has 1 aliphatic carbocycles. The van der Waals surface area contributed by atoms with Gasteiger partial charge in [0.2, 0.25) is 5.43 Å². The quantitative estimate of drug-likeness (QED) is 0.495. The number of aromatic nitrogens is 1. The van der Waals surface area contributed by atoms with Gasteiger partial charge in [-0.2, -0.15) is 0 Å². The van der Waals surface area contributed by atoms with E-state index in [0.29, 0.717) is 11.5 Å². The molecule has 0 radical (unpaired) electrons. The zero-order valence-corrected chi connectivity index (χ0v) is 13.3. The highest BCUT2D eigenvalue weighted by Crippen LogP contribution is 2.32. The number of hydrogen-bond donors (Lipinski definition) is 0. The summed E-state index contributed by atoms with van der Waals surface area (Å²) in [5.41, 5.74) is 2.55. The summed E-state index contributed by atoms with van der Waals surface area (Å²) >= 11 is 1.57. The molecule has 0 N–H and O–H groups in total. The minimum absolute atomic E-state index is 0.130. The van der Waals surface area contributed by atoms with Crippen LogP contribution in [0.3, 0.4) is 0 Å². The Morgan fingerprint density at radius 3 is 2.61 bits per heavy atom. The zero-order chi connectivity index (χ0) is 15.8. The van der Waals surface area contributed by atoms with E-state index in [1.54, 1.807) is 23.5 Å². The molecule has 0 saturated heterocycles. The Bertz CT molecular complexity index is 1040. The second kappa shape index (κ2) is 5.48. The monoisotopic (exact) mass is 319 g/mol. The van der Waals surface area contributed by atoms with E-state index in [1.165, 1.54) is 0 Å². The minimum Gasteiger partial charge on any atom is -0.453 e. The number of nitrogens with zero attached hydrogens (tertiary/aromatic N) is 1. The highest BCUT2D eigenvalue weighted by Gasteiger charge is 2.13. The van der Waals surface area contributed by atoms with Gasteiger partial charge in [-0.25, -0.2) is 4.98 Å². The Labute approximate surface area is 137 Å². The number of fused-ring (bicyclic) bond motifs is 2. The molecule has 0 bridgehead atoms. The summed E-state index contributed by atoms with van der Waals surface area (Å²) in [5, 5.41) is 0. The highest BCUT2D eigenvalue weighted by molar-refractivity contribution is 7.21. The third-order valence-corrected chi connectivity index (χ3v) is 4.78. The fourth-order valence-corrected chi connectivity index (χ4v) is 3.43. The average molecular weight is 319 g/mol. The van der Waals surface area contributed by atoms with Gasteiger partial charge in [-0.3, -0.25) is 4.79 Å². The molecule has 0 saturated carbocycles. The molecule has 0 fully saturated rings. The fourth-order valence-electron chi connectivity index (χ4n) is 2.45. The SMILES string of the molecule is Cc1ccccc1Oc1cc2nc3ccccc3sc-2cc1=O. The lowest BCUT2D eigenvalue weighted by atomic mass is 10.2. The Hall–Kier alpha value is -2.72. The average Bonchev–Trinajstić information content (AvgIpc) is 2.56. The molecule has 0 unspecified atom stereocenters. The molecule has 2 aromatic rings. The van der Waals surface area contributed by atoms with E-state index in [-0.39, 0.29) is 5.43 Å². The molecule has 0 aromatic heterocycles. The lowest BCUT2D eigenvalue weighted by molar-refractivity contribution is 0.474. The number of para-hydroxylation sites is 2. The standard InChI is InChI=1S/C19H13NO2S/c1-12-6-2-4-8-16(12)22-17-10-14-19(11-15(17)21)23-18-9-5-3-7-13(18)20-14/h2-11H,1H3. The summed E-state index contributed by atoms with van der Waals surface area (Å²) in [7, 11) is 0. The summed E-state index contributed by atoms with van der Waals surface area (Å²) in [5.74, 6) is 0.996. The molecule has 2 aliphatic rings. The van der Waals surface area contributed by atoms with Crippen LogP contribution in [0.2, 0.25) is 0 Å². The van der Waals surface area contributed by atoms with Crippen molar-refractivity contribution >= 4 is 21.6 Å². The van der Waals surface area contributed by atoms with Crippen LogP contribution in [-0.2, 0) is 0 Å². The molecule has 0 atom stereocenters. The van der Waals surface area contributed by atoms with E-state index in [0.717, 1.165) is 26.4 Å². The first-order valence-corrected chi connectivity index (χ1v) is 8.09. The van der Waals surface area contributed by atoms with Crippen molar-refractivity contribution in [2.24, 2.45) is 0 Å². The van der Waals surface area contributed by atoms with Crippen LogP contribution >= 0.6 is 11.3 Å². The normalized spacial score (nSPS) is 11.0. The van der Waals surface area contributed by atoms with Crippen LogP contribution in [0.15, 0.2) is 65.5 Å². The Kier molecular flexibility index (Phi) is 3.32. The van der Waals surface area contributed by atoms with Crippen molar-refractivity contribution in [3.63, 3.8) is 0 Å². The lowest BCUT2D eigenvalue weighted by Crippen LogP contribution is -2.05. The van der Waals surface area contributed by atoms with Crippen LogP contribution in [-0.4, -0.2) is 4.98 Å². The topological polar surface area (TPSA) is 39.2 Å². The van der Waals surface area contributed by atoms with Gasteiger partial charge >= 0.3 is 0 Å². The third kappa shape index (κ3) is 2.58. The van der Waals surface area contributed by atoms with Crippen molar-refractivity contribution in [2.75, 3.05) is 0 Å². The van der Waals surface area contributed by atoms with E-state index in [4.69, 9.17) is 4.74 Å². The van der Waals surface area contributed by atoms with Crippen LogP contribution in [0.5, 0.6) is 11.5 Å². The Morgan fingerprint density at radius 1 is 0.957 bits per heavy atom. The fraction of sp³-hybridized carbons (Fsp3) is 0.0526. The highest BCUT2D eigenvalue weighted by atomic mass is 32.1. The van der Waals surface area contributed by atoms with Gasteiger partial charge in [0.1, 0.15) is 5.75 Å². The number of benzene rings is 3. The first kappa shape index (κ1) is 13.9. The van der Waals surface area contributed by atoms with Crippen LogP contribution in [0, 0.1) is 6.92 Å². The Morgan fingerprint density at radius 2 is 1.74 bits per heavy atom. The molecule has 1 heterocycles. The second-order valence-corrected chi connectivity index (χ2v) is 6.40. The smallest absolute Gasteiger partial charge is 0.222 e. The summed E-state index contributed by atoms with van der Waals surface area (Å²) < 4.78 is 6.87. The van der Waals surface area contributed by atoms with Crippen LogP contribution in [0.1, 0.15) is 5.56 Å². The molecule has 112 valence electrons. The van der Waals surface area contributed by atoms with Gasteiger partial charge in [-0.1, -0.05) is 30.3 Å². The van der Waals surface area contributed by atoms with Gasteiger partial charge in [0.25, 0.3) is 0 Å². The van der Waals surface area contributed by atoms with E-state index < -0.39 is 0 Å². The number of rotatable bonds is 2. The van der Waals surface area contributed by atoms with Gasteiger partial charge in [-0.15, -0.1) is 11.3 Å². The molecule has 2 aromatic carbocycles. The van der Waals surface area contributed by atoms with Crippen molar-refractivity contribution in [1.29, 1.82) is 0 Å². The van der Waals surface area contributed by atoms with Crippen LogP contribution < -0.4 is 10.2 Å². The predicted molar refractivity (Wildman–Crippen MR) is 93.8 cm³/mol. The maximum Gasteiger partial charge on any atom is 0.222 e. The number of ether oxygens (including phenoxy) is 1. The van der Waals surface area contributed by atoms with Crippen molar-refractivity contribution in [1.82, 2.24) is 4.98 Å². The van der Waals surface area contributed by atoms with Crippen molar-refractivity contribution in [3.05, 3.63) is 76.5 Å². The first-order chi connectivity index (χ1) is 11.2. The Balaban J connectivity index is 1.86. The molecule has 23 heavy (non-hydrogen) atoms. The van der Waals surface area contributed by atoms with Crippen molar-refractivity contribution in [2.45, 2.75) is 6.92 Å². The molecule has 0 amide bonds. The lowest BCUT2D eigenvalue weighted by Gasteiger charge is -2.10. The molecular formula is C19H13NO2S. The van der Waals surface area contributed by atoms with Gasteiger partial charge in [0.15, 0.2) is 5.75 Å². The van der Waals surface area contributed by atoms with Crippen LogP contribution in [0.4, 0.5) is 0 Å². The summed E-state index contributed by atoms with van der Waals surface area (Å²) in [4.78, 5) is 17.8. The van der Waals surface area contributed by atoms with Gasteiger partial charge in [0.05, 0.1) is 20.8 Å². The van der Waals surface area contributed by atoms with Crippen LogP contribution in [0.25, 0.3) is 20.8 Å². The van der Waals surface area contributed by atoms with E-state index in [9.17, 15) is 4.79 Å². The largest absolute Gasteiger partial charge is 0.453 e. The summed E-state index contributed by atoms with van der Waals surface area (Å²) in [6, 6.07) is 18.9. The molecule has 4 rings (SSSR count). The first-order valence-electron chi connectivity index (χ1n) is 7.28. The van der Waals surface area contributed by atoms with Crippen molar-refractivity contribution in [3.8, 4) is 22.1 Å². The second-order valence-electron chi connectivity index (χ2n) is 5.32. The number of aryl methyl sites for hydroxylation is 1. The molecular weight excluding hydrogens is 306 g/mol. The van der Waals surface area contributed by atoms with E-state index in [2.05, 4.69) is 4.98 Å². The predicted octanol–water partition coefficient (Wildman–Crippen LogP) is 4.86. The summed E-state index contributed by atoms with van der Waals surface area (Å²) in [6.45, 7) is 1.95. The maximum absolute atomic E-state index is 12.3. The van der Waals surface area contributed by atoms with Crippen molar-refractivity contribution < 1.29 is 4.74 Å². The summed E-state index contributed by atoms with van der Waals surface area (Å²) in [6.07, 6.45) is 0. The molecule has 3 nitrogen and oxygen atoms in total. The molecule has 1 aliphatic heterocycles. The molecule has 0 spiro atoms. The molecule has 4 heteroatoms. The third-order valence-electron chi connectivity index (χ3n) is 3.66. The zero-order valence-electron chi connectivity index (χ0n) is 12.4. The van der Waals surface area contributed by atoms with Gasteiger partial charge < -0.3 is 4.74 Å². The van der Waals surface area contributed by atoms with Gasteiger partial charge in [-0.05, 0) is 30.7 Å². The minimum atomic E-state index is -0.130. The van der Waals surface area contributed by atoms with E-state index in [1.807, 2.05) is 55.5 Å². The maximum atomic E-state index is 12.3. The van der Waals surface area contributed by atoms with E-state index >= 15 is 0 Å². The van der Waals surface area contributed by atoms with Gasteiger partial charge in [0, 0.05) is 12.1 Å². The number of hydrogen-bond acceptors (Lipinski definition) is 4.